The summed E-state index contributed by atoms with van der Waals surface area (Å²) in [5, 5.41) is 14.1. The molecule has 0 radical (unpaired) electrons. The number of rotatable bonds is 5. The number of hydrogen-bond donors (Lipinski definition) is 1. The van der Waals surface area contributed by atoms with E-state index in [1.54, 1.807) is 31.3 Å². The fourth-order valence-electron chi connectivity index (χ4n) is 2.36. The highest BCUT2D eigenvalue weighted by Crippen LogP contribution is 2.26. The van der Waals surface area contributed by atoms with E-state index in [-0.39, 0.29) is 17.5 Å². The number of nitro benzene ring substituents is 1. The maximum absolute atomic E-state index is 14.1. The van der Waals surface area contributed by atoms with Gasteiger partial charge in [-0.15, -0.1) is 0 Å². The van der Waals surface area contributed by atoms with Crippen LogP contribution in [0.15, 0.2) is 42.5 Å². The highest BCUT2D eigenvalue weighted by atomic mass is 19.1. The van der Waals surface area contributed by atoms with Crippen LogP contribution in [0.5, 0.6) is 0 Å². The molecule has 110 valence electrons. The summed E-state index contributed by atoms with van der Waals surface area (Å²) < 4.78 is 14.1. The Labute approximate surface area is 122 Å². The standard InChI is InChI=1S/C16H17FN2O2/c1-11-7-8-13(14(17)9-11)15(18-2)10-12-5-3-4-6-16(12)19(20)21/h3-9,15,18H,10H2,1-2H3. The summed E-state index contributed by atoms with van der Waals surface area (Å²) in [5.74, 6) is -0.298. The summed E-state index contributed by atoms with van der Waals surface area (Å²) in [6.07, 6.45) is 0.355. The zero-order chi connectivity index (χ0) is 15.4. The highest BCUT2D eigenvalue weighted by Gasteiger charge is 2.19. The molecule has 0 bridgehead atoms. The average Bonchev–Trinajstić information content (AvgIpc) is 2.45. The molecule has 0 saturated heterocycles. The van der Waals surface area contributed by atoms with Gasteiger partial charge in [-0.05, 0) is 32.0 Å². The lowest BCUT2D eigenvalue weighted by atomic mass is 9.96. The second kappa shape index (κ2) is 6.45. The number of benzene rings is 2. The van der Waals surface area contributed by atoms with Gasteiger partial charge in [0, 0.05) is 23.2 Å². The summed E-state index contributed by atoms with van der Waals surface area (Å²) in [6.45, 7) is 1.82. The third kappa shape index (κ3) is 3.44. The molecule has 0 fully saturated rings. The molecule has 0 amide bonds. The van der Waals surface area contributed by atoms with E-state index in [4.69, 9.17) is 0 Å². The minimum Gasteiger partial charge on any atom is -0.313 e. The van der Waals surface area contributed by atoms with Crippen molar-refractivity contribution >= 4 is 5.69 Å². The predicted octanol–water partition coefficient (Wildman–Crippen LogP) is 3.55. The molecular weight excluding hydrogens is 271 g/mol. The van der Waals surface area contributed by atoms with E-state index in [1.807, 2.05) is 13.0 Å². The van der Waals surface area contributed by atoms with Crippen molar-refractivity contribution in [2.45, 2.75) is 19.4 Å². The number of hydrogen-bond acceptors (Lipinski definition) is 3. The first-order valence-electron chi connectivity index (χ1n) is 6.68. The monoisotopic (exact) mass is 288 g/mol. The Morgan fingerprint density at radius 2 is 2.00 bits per heavy atom. The van der Waals surface area contributed by atoms with Gasteiger partial charge in [0.05, 0.1) is 4.92 Å². The molecule has 1 N–H and O–H groups in total. The minimum atomic E-state index is -0.409. The van der Waals surface area contributed by atoms with Crippen LogP contribution in [0.1, 0.15) is 22.7 Å². The second-order valence-electron chi connectivity index (χ2n) is 4.96. The molecule has 21 heavy (non-hydrogen) atoms. The Bertz CT molecular complexity index is 658. The lowest BCUT2D eigenvalue weighted by Gasteiger charge is -2.18. The second-order valence-corrected chi connectivity index (χ2v) is 4.96. The van der Waals surface area contributed by atoms with Crippen LogP contribution >= 0.6 is 0 Å². The number of halogens is 1. The van der Waals surface area contributed by atoms with Crippen molar-refractivity contribution in [2.24, 2.45) is 0 Å². The normalized spacial score (nSPS) is 12.1. The molecule has 4 nitrogen and oxygen atoms in total. The Morgan fingerprint density at radius 3 is 2.62 bits per heavy atom. The molecule has 0 aromatic heterocycles. The van der Waals surface area contributed by atoms with Crippen molar-refractivity contribution in [2.75, 3.05) is 7.05 Å². The molecule has 1 unspecified atom stereocenters. The fraction of sp³-hybridized carbons (Fsp3) is 0.250. The first kappa shape index (κ1) is 15.1. The number of aryl methyl sites for hydroxylation is 1. The topological polar surface area (TPSA) is 55.2 Å². The number of likely N-dealkylation sites (N-methyl/N-ethyl adjacent to an activating group) is 1. The quantitative estimate of drug-likeness (QED) is 0.676. The summed E-state index contributed by atoms with van der Waals surface area (Å²) >= 11 is 0. The summed E-state index contributed by atoms with van der Waals surface area (Å²) in [5.41, 5.74) is 2.00. The number of nitro groups is 1. The van der Waals surface area contributed by atoms with E-state index >= 15 is 0 Å². The molecule has 0 aliphatic rings. The van der Waals surface area contributed by atoms with Crippen molar-refractivity contribution < 1.29 is 9.31 Å². The molecule has 5 heteroatoms. The zero-order valence-electron chi connectivity index (χ0n) is 12.0. The maximum Gasteiger partial charge on any atom is 0.272 e. The minimum absolute atomic E-state index is 0.0604. The van der Waals surface area contributed by atoms with Crippen molar-refractivity contribution in [1.29, 1.82) is 0 Å². The Balaban J connectivity index is 2.34. The van der Waals surface area contributed by atoms with Crippen LogP contribution < -0.4 is 5.32 Å². The number of nitrogens with zero attached hydrogens (tertiary/aromatic N) is 1. The fourth-order valence-corrected chi connectivity index (χ4v) is 2.36. The van der Waals surface area contributed by atoms with Crippen LogP contribution in [0.3, 0.4) is 0 Å². The van der Waals surface area contributed by atoms with Gasteiger partial charge in [0.15, 0.2) is 0 Å². The van der Waals surface area contributed by atoms with Gasteiger partial charge in [0.25, 0.3) is 5.69 Å². The van der Waals surface area contributed by atoms with Crippen LogP contribution in [0.25, 0.3) is 0 Å². The van der Waals surface area contributed by atoms with Gasteiger partial charge in [-0.1, -0.05) is 30.3 Å². The lowest BCUT2D eigenvalue weighted by molar-refractivity contribution is -0.385. The van der Waals surface area contributed by atoms with Gasteiger partial charge >= 0.3 is 0 Å². The van der Waals surface area contributed by atoms with Crippen molar-refractivity contribution in [3.05, 3.63) is 75.1 Å². The maximum atomic E-state index is 14.1. The molecule has 2 rings (SSSR count). The molecule has 0 spiro atoms. The average molecular weight is 288 g/mol. The van der Waals surface area contributed by atoms with E-state index < -0.39 is 4.92 Å². The van der Waals surface area contributed by atoms with Gasteiger partial charge < -0.3 is 5.32 Å². The SMILES string of the molecule is CNC(Cc1ccccc1[N+](=O)[O-])c1ccc(C)cc1F. The Hall–Kier alpha value is -2.27. The first-order valence-corrected chi connectivity index (χ1v) is 6.68. The summed E-state index contributed by atoms with van der Waals surface area (Å²) in [6, 6.07) is 11.3. The van der Waals surface area contributed by atoms with Crippen LogP contribution in [0, 0.1) is 22.9 Å². The zero-order valence-corrected chi connectivity index (χ0v) is 12.0. The van der Waals surface area contributed by atoms with Crippen LogP contribution in [-0.2, 0) is 6.42 Å². The van der Waals surface area contributed by atoms with Gasteiger partial charge in [-0.3, -0.25) is 10.1 Å². The van der Waals surface area contributed by atoms with Crippen molar-refractivity contribution in [3.8, 4) is 0 Å². The Kier molecular flexibility index (Phi) is 4.65. The molecular formula is C16H17FN2O2. The molecule has 0 saturated carbocycles. The molecule has 2 aromatic rings. The predicted molar refractivity (Wildman–Crippen MR) is 79.7 cm³/mol. The largest absolute Gasteiger partial charge is 0.313 e. The van der Waals surface area contributed by atoms with E-state index in [2.05, 4.69) is 5.32 Å². The van der Waals surface area contributed by atoms with Crippen molar-refractivity contribution in [3.63, 3.8) is 0 Å². The smallest absolute Gasteiger partial charge is 0.272 e. The van der Waals surface area contributed by atoms with E-state index in [1.165, 1.54) is 12.1 Å². The van der Waals surface area contributed by atoms with Crippen molar-refractivity contribution in [1.82, 2.24) is 5.32 Å². The highest BCUT2D eigenvalue weighted by molar-refractivity contribution is 5.41. The number of nitrogens with one attached hydrogen (secondary N) is 1. The molecule has 0 aliphatic heterocycles. The third-order valence-electron chi connectivity index (χ3n) is 3.49. The van der Waals surface area contributed by atoms with Gasteiger partial charge in [0.2, 0.25) is 0 Å². The summed E-state index contributed by atoms with van der Waals surface area (Å²) in [4.78, 5) is 10.6. The van der Waals surface area contributed by atoms with E-state index in [0.717, 1.165) is 5.56 Å². The van der Waals surface area contributed by atoms with Crippen LogP contribution in [0.2, 0.25) is 0 Å². The van der Waals surface area contributed by atoms with E-state index in [0.29, 0.717) is 17.5 Å². The van der Waals surface area contributed by atoms with Gasteiger partial charge in [-0.25, -0.2) is 4.39 Å². The molecule has 0 heterocycles. The van der Waals surface area contributed by atoms with Crippen LogP contribution in [0.4, 0.5) is 10.1 Å². The Morgan fingerprint density at radius 1 is 1.29 bits per heavy atom. The van der Waals surface area contributed by atoms with Gasteiger partial charge in [-0.2, -0.15) is 0 Å². The first-order chi connectivity index (χ1) is 10.0. The van der Waals surface area contributed by atoms with Crippen LogP contribution in [-0.4, -0.2) is 12.0 Å². The lowest BCUT2D eigenvalue weighted by Crippen LogP contribution is -2.20. The van der Waals surface area contributed by atoms with E-state index in [9.17, 15) is 14.5 Å². The molecule has 0 aliphatic carbocycles. The van der Waals surface area contributed by atoms with Gasteiger partial charge in [0.1, 0.15) is 5.82 Å². The summed E-state index contributed by atoms with van der Waals surface area (Å²) in [7, 11) is 1.72. The third-order valence-corrected chi connectivity index (χ3v) is 3.49. The molecule has 1 atom stereocenters. The number of para-hydroxylation sites is 1. The molecule has 2 aromatic carbocycles.